The molecular formula is C15H22N6O. The molecule has 1 saturated heterocycles. The van der Waals surface area contributed by atoms with E-state index >= 15 is 0 Å². The number of rotatable bonds is 4. The lowest BCUT2D eigenvalue weighted by molar-refractivity contribution is 0.122. The number of hydrogen-bond donors (Lipinski definition) is 1. The first-order chi connectivity index (χ1) is 10.6. The molecule has 22 heavy (non-hydrogen) atoms. The molecular weight excluding hydrogens is 280 g/mol. The Balaban J connectivity index is 1.62. The van der Waals surface area contributed by atoms with Crippen molar-refractivity contribution in [3.63, 3.8) is 0 Å². The molecule has 1 N–H and O–H groups in total. The highest BCUT2D eigenvalue weighted by Gasteiger charge is 2.19. The van der Waals surface area contributed by atoms with Crippen molar-refractivity contribution < 1.29 is 5.11 Å². The second-order valence-electron chi connectivity index (χ2n) is 5.79. The third-order valence-corrected chi connectivity index (χ3v) is 3.81. The maximum Gasteiger partial charge on any atom is 0.175 e. The van der Waals surface area contributed by atoms with E-state index in [4.69, 9.17) is 0 Å². The Morgan fingerprint density at radius 1 is 1.09 bits per heavy atom. The molecule has 0 bridgehead atoms. The average molecular weight is 302 g/mol. The molecule has 0 saturated carbocycles. The second-order valence-corrected chi connectivity index (χ2v) is 5.79. The zero-order valence-electron chi connectivity index (χ0n) is 13.1. The van der Waals surface area contributed by atoms with Crippen molar-refractivity contribution in [2.75, 3.05) is 37.6 Å². The Morgan fingerprint density at radius 3 is 2.32 bits per heavy atom. The third-order valence-electron chi connectivity index (χ3n) is 3.81. The van der Waals surface area contributed by atoms with Crippen molar-refractivity contribution in [3.8, 4) is 5.82 Å². The molecule has 2 aromatic rings. The highest BCUT2D eigenvalue weighted by Crippen LogP contribution is 2.14. The molecule has 3 heterocycles. The summed E-state index contributed by atoms with van der Waals surface area (Å²) in [5.74, 6) is 1.62. The van der Waals surface area contributed by atoms with E-state index in [1.807, 2.05) is 38.2 Å². The molecule has 118 valence electrons. The molecule has 0 aliphatic carbocycles. The quantitative estimate of drug-likeness (QED) is 0.885. The summed E-state index contributed by atoms with van der Waals surface area (Å²) in [6.07, 6.45) is 1.61. The van der Waals surface area contributed by atoms with Gasteiger partial charge >= 0.3 is 0 Å². The van der Waals surface area contributed by atoms with Crippen molar-refractivity contribution >= 4 is 5.82 Å². The number of aliphatic hydroxyl groups excluding tert-OH is 1. The zero-order valence-corrected chi connectivity index (χ0v) is 13.1. The van der Waals surface area contributed by atoms with E-state index < -0.39 is 0 Å². The van der Waals surface area contributed by atoms with Crippen LogP contribution in [0.4, 0.5) is 5.82 Å². The van der Waals surface area contributed by atoms with Crippen LogP contribution in [0, 0.1) is 6.92 Å². The average Bonchev–Trinajstić information content (AvgIpc) is 2.94. The van der Waals surface area contributed by atoms with Gasteiger partial charge in [0.1, 0.15) is 0 Å². The Bertz CT molecular complexity index is 601. The van der Waals surface area contributed by atoms with Crippen LogP contribution >= 0.6 is 0 Å². The van der Waals surface area contributed by atoms with Crippen molar-refractivity contribution in [1.82, 2.24) is 24.9 Å². The summed E-state index contributed by atoms with van der Waals surface area (Å²) in [7, 11) is 0. The predicted molar refractivity (Wildman–Crippen MR) is 84.2 cm³/mol. The smallest absolute Gasteiger partial charge is 0.175 e. The highest BCUT2D eigenvalue weighted by molar-refractivity contribution is 5.40. The van der Waals surface area contributed by atoms with Gasteiger partial charge in [-0.25, -0.2) is 4.68 Å². The molecule has 0 aromatic carbocycles. The van der Waals surface area contributed by atoms with Gasteiger partial charge in [0.2, 0.25) is 0 Å². The first-order valence-electron chi connectivity index (χ1n) is 7.63. The minimum Gasteiger partial charge on any atom is -0.392 e. The first kappa shape index (κ1) is 14.9. The third kappa shape index (κ3) is 3.42. The van der Waals surface area contributed by atoms with Crippen LogP contribution in [0.2, 0.25) is 0 Å². The largest absolute Gasteiger partial charge is 0.392 e. The van der Waals surface area contributed by atoms with E-state index in [9.17, 15) is 5.11 Å². The van der Waals surface area contributed by atoms with Crippen LogP contribution in [0.1, 0.15) is 12.6 Å². The standard InChI is InChI=1S/C15H22N6O/c1-12-5-6-21(18-12)15-4-3-14(16-17-15)20-9-7-19(8-10-20)11-13(2)22/h3-6,13,22H,7-11H2,1-2H3/t13-/m1/s1. The van der Waals surface area contributed by atoms with Crippen molar-refractivity contribution in [1.29, 1.82) is 0 Å². The van der Waals surface area contributed by atoms with Gasteiger partial charge < -0.3 is 10.0 Å². The van der Waals surface area contributed by atoms with Crippen LogP contribution in [-0.4, -0.2) is 68.8 Å². The van der Waals surface area contributed by atoms with Crippen LogP contribution < -0.4 is 4.90 Å². The van der Waals surface area contributed by atoms with Gasteiger partial charge in [-0.2, -0.15) is 5.10 Å². The fourth-order valence-electron chi connectivity index (χ4n) is 2.68. The Morgan fingerprint density at radius 2 is 1.77 bits per heavy atom. The highest BCUT2D eigenvalue weighted by atomic mass is 16.3. The Labute approximate surface area is 130 Å². The molecule has 7 heteroatoms. The van der Waals surface area contributed by atoms with Crippen LogP contribution in [0.3, 0.4) is 0 Å². The lowest BCUT2D eigenvalue weighted by Gasteiger charge is -2.35. The summed E-state index contributed by atoms with van der Waals surface area (Å²) in [5.41, 5.74) is 0.958. The Kier molecular flexibility index (Phi) is 4.35. The number of nitrogens with zero attached hydrogens (tertiary/aromatic N) is 6. The first-order valence-corrected chi connectivity index (χ1v) is 7.63. The molecule has 0 amide bonds. The van der Waals surface area contributed by atoms with E-state index in [2.05, 4.69) is 25.1 Å². The molecule has 7 nitrogen and oxygen atoms in total. The second kappa shape index (κ2) is 6.41. The van der Waals surface area contributed by atoms with Gasteiger partial charge in [0, 0.05) is 38.9 Å². The van der Waals surface area contributed by atoms with Crippen LogP contribution in [0.15, 0.2) is 24.4 Å². The minimum absolute atomic E-state index is 0.275. The summed E-state index contributed by atoms with van der Waals surface area (Å²) < 4.78 is 1.73. The fraction of sp³-hybridized carbons (Fsp3) is 0.533. The minimum atomic E-state index is -0.275. The van der Waals surface area contributed by atoms with Crippen molar-refractivity contribution in [2.24, 2.45) is 0 Å². The lowest BCUT2D eigenvalue weighted by Crippen LogP contribution is -2.48. The van der Waals surface area contributed by atoms with Gasteiger partial charge in [-0.1, -0.05) is 0 Å². The van der Waals surface area contributed by atoms with Gasteiger partial charge in [-0.15, -0.1) is 10.2 Å². The van der Waals surface area contributed by atoms with Gasteiger partial charge in [0.25, 0.3) is 0 Å². The summed E-state index contributed by atoms with van der Waals surface area (Å²) in [4.78, 5) is 4.50. The molecule has 1 aliphatic heterocycles. The molecule has 2 aromatic heterocycles. The topological polar surface area (TPSA) is 70.3 Å². The molecule has 1 aliphatic rings. The number of hydrogen-bond acceptors (Lipinski definition) is 6. The maximum absolute atomic E-state index is 9.44. The summed E-state index contributed by atoms with van der Waals surface area (Å²) in [6, 6.07) is 5.87. The number of aryl methyl sites for hydroxylation is 1. The fourth-order valence-corrected chi connectivity index (χ4v) is 2.68. The Hall–Kier alpha value is -1.99. The van der Waals surface area contributed by atoms with Crippen LogP contribution in [0.25, 0.3) is 5.82 Å². The van der Waals surface area contributed by atoms with E-state index in [-0.39, 0.29) is 6.10 Å². The SMILES string of the molecule is Cc1ccn(-c2ccc(N3CCN(C[C@@H](C)O)CC3)nn2)n1. The molecule has 0 radical (unpaired) electrons. The van der Waals surface area contributed by atoms with Gasteiger partial charge in [-0.3, -0.25) is 4.90 Å². The molecule has 0 unspecified atom stereocenters. The van der Waals surface area contributed by atoms with Crippen molar-refractivity contribution in [2.45, 2.75) is 20.0 Å². The normalized spacial score (nSPS) is 17.7. The van der Waals surface area contributed by atoms with Gasteiger partial charge in [0.05, 0.1) is 11.8 Å². The zero-order chi connectivity index (χ0) is 15.5. The maximum atomic E-state index is 9.44. The number of β-amino-alcohol motifs (C(OH)–C–C–N with tert-alkyl or cyclic N) is 1. The van der Waals surface area contributed by atoms with E-state index in [0.29, 0.717) is 0 Å². The molecule has 1 atom stereocenters. The van der Waals surface area contributed by atoms with Gasteiger partial charge in [0.15, 0.2) is 11.6 Å². The molecule has 3 rings (SSSR count). The van der Waals surface area contributed by atoms with Crippen molar-refractivity contribution in [3.05, 3.63) is 30.1 Å². The van der Waals surface area contributed by atoms with E-state index in [1.165, 1.54) is 0 Å². The monoisotopic (exact) mass is 302 g/mol. The number of piperazine rings is 1. The summed E-state index contributed by atoms with van der Waals surface area (Å²) >= 11 is 0. The predicted octanol–water partition coefficient (Wildman–Crippen LogP) is 0.474. The van der Waals surface area contributed by atoms with Crippen LogP contribution in [0.5, 0.6) is 0 Å². The molecule has 1 fully saturated rings. The summed E-state index contributed by atoms with van der Waals surface area (Å²) in [5, 5.41) is 22.4. The van der Waals surface area contributed by atoms with Gasteiger partial charge in [-0.05, 0) is 32.0 Å². The van der Waals surface area contributed by atoms with E-state index in [1.54, 1.807) is 4.68 Å². The lowest BCUT2D eigenvalue weighted by atomic mass is 10.2. The number of aromatic nitrogens is 4. The molecule has 0 spiro atoms. The summed E-state index contributed by atoms with van der Waals surface area (Å²) in [6.45, 7) is 8.19. The number of anilines is 1. The van der Waals surface area contributed by atoms with E-state index in [0.717, 1.165) is 50.1 Å². The number of aliphatic hydroxyl groups is 1. The van der Waals surface area contributed by atoms with Crippen LogP contribution in [-0.2, 0) is 0 Å².